The lowest BCUT2D eigenvalue weighted by Gasteiger charge is -2.32. The van der Waals surface area contributed by atoms with Gasteiger partial charge in [-0.05, 0) is 62.2 Å². The molecule has 2 amide bonds. The zero-order valence-corrected chi connectivity index (χ0v) is 20.9. The maximum absolute atomic E-state index is 13.4. The van der Waals surface area contributed by atoms with Crippen LogP contribution in [0.4, 0.5) is 10.1 Å². The number of hydrogen-bond donors (Lipinski definition) is 1. The zero-order valence-electron chi connectivity index (χ0n) is 20.1. The van der Waals surface area contributed by atoms with Gasteiger partial charge in [-0.15, -0.1) is 0 Å². The fourth-order valence-corrected chi connectivity index (χ4v) is 4.05. The molecule has 2 aromatic carbocycles. The van der Waals surface area contributed by atoms with E-state index in [1.807, 2.05) is 13.8 Å². The molecule has 2 aromatic rings. The molecule has 0 fully saturated rings. The molecule has 0 saturated carbocycles. The van der Waals surface area contributed by atoms with Crippen molar-refractivity contribution < 1.29 is 27.1 Å². The van der Waals surface area contributed by atoms with Crippen molar-refractivity contribution in [2.45, 2.75) is 45.8 Å². The van der Waals surface area contributed by atoms with Crippen LogP contribution in [0.15, 0.2) is 48.5 Å². The number of amides is 2. The van der Waals surface area contributed by atoms with Crippen LogP contribution in [0.1, 0.15) is 32.8 Å². The Morgan fingerprint density at radius 3 is 2.15 bits per heavy atom. The molecule has 0 heterocycles. The molecule has 0 aromatic heterocycles. The Hall–Kier alpha value is -3.14. The monoisotopic (exact) mass is 493 g/mol. The van der Waals surface area contributed by atoms with Gasteiger partial charge in [0.2, 0.25) is 21.8 Å². The normalized spacial score (nSPS) is 13.0. The summed E-state index contributed by atoms with van der Waals surface area (Å²) in [4.78, 5) is 27.5. The number of ether oxygens (including phenoxy) is 1. The number of carbonyl (C=O) groups excluding carboxylic acids is 2. The molecular formula is C24H32FN3O5S. The quantitative estimate of drug-likeness (QED) is 0.519. The molecule has 8 nitrogen and oxygen atoms in total. The van der Waals surface area contributed by atoms with E-state index in [0.717, 1.165) is 10.6 Å². The van der Waals surface area contributed by atoms with Gasteiger partial charge >= 0.3 is 0 Å². The smallest absolute Gasteiger partial charge is 0.244 e. The highest BCUT2D eigenvalue weighted by atomic mass is 32.2. The number of hydrogen-bond acceptors (Lipinski definition) is 5. The van der Waals surface area contributed by atoms with Gasteiger partial charge in [-0.3, -0.25) is 13.9 Å². The Balaban J connectivity index is 2.36. The van der Waals surface area contributed by atoms with Gasteiger partial charge in [0.1, 0.15) is 24.2 Å². The standard InChI is InChI=1S/C24H32FN3O5S/c1-6-17(2)26-24(30)18(3)27(15-19-7-9-20(25)10-8-19)23(29)16-28(34(5,31)32)21-11-13-22(33-4)14-12-21/h7-14,17-18H,6,15-16H2,1-5H3,(H,26,30)/t17-,18+/m1/s1. The van der Waals surface area contributed by atoms with E-state index in [9.17, 15) is 22.4 Å². The van der Waals surface area contributed by atoms with Crippen molar-refractivity contribution in [2.75, 3.05) is 24.2 Å². The summed E-state index contributed by atoms with van der Waals surface area (Å²) in [7, 11) is -2.33. The summed E-state index contributed by atoms with van der Waals surface area (Å²) in [5, 5.41) is 2.85. The molecule has 0 aliphatic carbocycles. The minimum absolute atomic E-state index is 0.00835. The van der Waals surface area contributed by atoms with Gasteiger partial charge in [-0.2, -0.15) is 0 Å². The van der Waals surface area contributed by atoms with Gasteiger partial charge in [-0.1, -0.05) is 19.1 Å². The number of nitrogens with zero attached hydrogens (tertiary/aromatic N) is 2. The van der Waals surface area contributed by atoms with Crippen LogP contribution in [0, 0.1) is 5.82 Å². The first-order chi connectivity index (χ1) is 16.0. The molecule has 2 rings (SSSR count). The van der Waals surface area contributed by atoms with Crippen molar-refractivity contribution in [3.05, 3.63) is 59.9 Å². The second-order valence-corrected chi connectivity index (χ2v) is 10.0. The van der Waals surface area contributed by atoms with Crippen molar-refractivity contribution in [3.8, 4) is 5.75 Å². The predicted molar refractivity (Wildman–Crippen MR) is 129 cm³/mol. The van der Waals surface area contributed by atoms with Gasteiger partial charge in [0.05, 0.1) is 19.1 Å². The number of nitrogens with one attached hydrogen (secondary N) is 1. The van der Waals surface area contributed by atoms with Gasteiger partial charge in [0, 0.05) is 12.6 Å². The highest BCUT2D eigenvalue weighted by Crippen LogP contribution is 2.22. The lowest BCUT2D eigenvalue weighted by atomic mass is 10.1. The highest BCUT2D eigenvalue weighted by Gasteiger charge is 2.30. The van der Waals surface area contributed by atoms with E-state index in [0.29, 0.717) is 17.7 Å². The van der Waals surface area contributed by atoms with Crippen molar-refractivity contribution in [2.24, 2.45) is 0 Å². The predicted octanol–water partition coefficient (Wildman–Crippen LogP) is 2.93. The third-order valence-electron chi connectivity index (χ3n) is 5.47. The average molecular weight is 494 g/mol. The molecular weight excluding hydrogens is 461 g/mol. The van der Waals surface area contributed by atoms with Crippen LogP contribution in [0.5, 0.6) is 5.75 Å². The Morgan fingerprint density at radius 2 is 1.65 bits per heavy atom. The van der Waals surface area contributed by atoms with Crippen LogP contribution < -0.4 is 14.4 Å². The Kier molecular flexibility index (Phi) is 9.43. The Bertz CT molecular complexity index is 1070. The Labute approximate surface area is 200 Å². The molecule has 0 aliphatic rings. The van der Waals surface area contributed by atoms with Crippen LogP contribution in [-0.2, 0) is 26.2 Å². The summed E-state index contributed by atoms with van der Waals surface area (Å²) in [6.07, 6.45) is 1.72. The molecule has 10 heteroatoms. The van der Waals surface area contributed by atoms with E-state index in [2.05, 4.69) is 5.32 Å². The van der Waals surface area contributed by atoms with Crippen molar-refractivity contribution in [3.63, 3.8) is 0 Å². The van der Waals surface area contributed by atoms with E-state index in [1.54, 1.807) is 19.1 Å². The van der Waals surface area contributed by atoms with E-state index in [4.69, 9.17) is 4.74 Å². The molecule has 0 spiro atoms. The number of rotatable bonds is 11. The topological polar surface area (TPSA) is 96.0 Å². The number of sulfonamides is 1. The van der Waals surface area contributed by atoms with Gasteiger partial charge in [-0.25, -0.2) is 12.8 Å². The van der Waals surface area contributed by atoms with Gasteiger partial charge in [0.25, 0.3) is 0 Å². The van der Waals surface area contributed by atoms with Crippen LogP contribution in [0.25, 0.3) is 0 Å². The second kappa shape index (κ2) is 11.8. The number of carbonyl (C=O) groups is 2. The number of benzene rings is 2. The summed E-state index contributed by atoms with van der Waals surface area (Å²) >= 11 is 0. The summed E-state index contributed by atoms with van der Waals surface area (Å²) in [5.41, 5.74) is 0.892. The lowest BCUT2D eigenvalue weighted by Crippen LogP contribution is -2.52. The second-order valence-electron chi connectivity index (χ2n) is 8.11. The van der Waals surface area contributed by atoms with E-state index < -0.39 is 34.3 Å². The first-order valence-electron chi connectivity index (χ1n) is 10.9. The largest absolute Gasteiger partial charge is 0.497 e. The Morgan fingerprint density at radius 1 is 1.06 bits per heavy atom. The molecule has 0 saturated heterocycles. The SMILES string of the molecule is CC[C@@H](C)NC(=O)[C@H](C)N(Cc1ccc(F)cc1)C(=O)CN(c1ccc(OC)cc1)S(C)(=O)=O. The number of halogens is 1. The van der Waals surface area contributed by atoms with E-state index in [1.165, 1.54) is 48.4 Å². The maximum Gasteiger partial charge on any atom is 0.244 e. The van der Waals surface area contributed by atoms with Crippen molar-refractivity contribution >= 4 is 27.5 Å². The fourth-order valence-electron chi connectivity index (χ4n) is 3.20. The first-order valence-corrected chi connectivity index (χ1v) is 12.8. The third kappa shape index (κ3) is 7.44. The molecule has 1 N–H and O–H groups in total. The molecule has 0 unspecified atom stereocenters. The summed E-state index contributed by atoms with van der Waals surface area (Å²) < 4.78 is 44.5. The molecule has 186 valence electrons. The summed E-state index contributed by atoms with van der Waals surface area (Å²) in [6, 6.07) is 10.9. The van der Waals surface area contributed by atoms with E-state index in [-0.39, 0.29) is 24.2 Å². The van der Waals surface area contributed by atoms with Crippen LogP contribution >= 0.6 is 0 Å². The van der Waals surface area contributed by atoms with Crippen molar-refractivity contribution in [1.82, 2.24) is 10.2 Å². The summed E-state index contributed by atoms with van der Waals surface area (Å²) in [6.45, 7) is 4.86. The highest BCUT2D eigenvalue weighted by molar-refractivity contribution is 7.92. The van der Waals surface area contributed by atoms with Gasteiger partial charge < -0.3 is 15.0 Å². The fraction of sp³-hybridized carbons (Fsp3) is 0.417. The molecule has 0 bridgehead atoms. The summed E-state index contributed by atoms with van der Waals surface area (Å²) in [5.74, 6) is -0.818. The van der Waals surface area contributed by atoms with Crippen LogP contribution in [-0.4, -0.2) is 57.1 Å². The lowest BCUT2D eigenvalue weighted by molar-refractivity contribution is -0.139. The minimum atomic E-state index is -3.82. The zero-order chi connectivity index (χ0) is 25.5. The minimum Gasteiger partial charge on any atom is -0.497 e. The van der Waals surface area contributed by atoms with E-state index >= 15 is 0 Å². The average Bonchev–Trinajstić information content (AvgIpc) is 2.80. The molecule has 34 heavy (non-hydrogen) atoms. The van der Waals surface area contributed by atoms with Crippen LogP contribution in [0.2, 0.25) is 0 Å². The van der Waals surface area contributed by atoms with Crippen molar-refractivity contribution in [1.29, 1.82) is 0 Å². The number of methoxy groups -OCH3 is 1. The van der Waals surface area contributed by atoms with Crippen LogP contribution in [0.3, 0.4) is 0 Å². The molecule has 0 aliphatic heterocycles. The molecule has 0 radical (unpaired) electrons. The number of anilines is 1. The third-order valence-corrected chi connectivity index (χ3v) is 6.61. The molecule has 2 atom stereocenters. The first kappa shape index (κ1) is 27.1. The maximum atomic E-state index is 13.4. The van der Waals surface area contributed by atoms with Gasteiger partial charge in [0.15, 0.2) is 0 Å².